The predicted molar refractivity (Wildman–Crippen MR) is 45.3 cm³/mol. The summed E-state index contributed by atoms with van der Waals surface area (Å²) in [6.45, 7) is 3.80. The van der Waals surface area contributed by atoms with Gasteiger partial charge in [0.15, 0.2) is 0 Å². The lowest BCUT2D eigenvalue weighted by atomic mass is 9.69. The molecule has 0 bridgehead atoms. The molecule has 1 rings (SSSR count). The topological polar surface area (TPSA) is 58.3 Å². The van der Waals surface area contributed by atoms with Crippen molar-refractivity contribution in [3.63, 3.8) is 0 Å². The van der Waals surface area contributed by atoms with Crippen molar-refractivity contribution in [2.75, 3.05) is 19.7 Å². The van der Waals surface area contributed by atoms with Crippen LogP contribution in [0, 0.1) is 5.92 Å². The summed E-state index contributed by atoms with van der Waals surface area (Å²) in [5.74, 6) is 0.796. The molecule has 0 radical (unpaired) electrons. The molecule has 0 aromatic rings. The number of aliphatic hydroxyl groups is 1. The van der Waals surface area contributed by atoms with Gasteiger partial charge in [-0.15, -0.1) is 0 Å². The molecule has 0 atom stereocenters. The third-order valence-corrected chi connectivity index (χ3v) is 2.48. The van der Waals surface area contributed by atoms with Crippen molar-refractivity contribution >= 4 is 0 Å². The lowest BCUT2D eigenvalue weighted by molar-refractivity contribution is 0.115. The zero-order valence-corrected chi connectivity index (χ0v) is 7.14. The van der Waals surface area contributed by atoms with Crippen LogP contribution < -0.4 is 11.1 Å². The Bertz CT molecular complexity index is 121. The molecule has 3 heteroatoms. The molecule has 1 aliphatic carbocycles. The zero-order chi connectivity index (χ0) is 8.32. The van der Waals surface area contributed by atoms with Crippen molar-refractivity contribution in [1.82, 2.24) is 5.32 Å². The second-order valence-electron chi connectivity index (χ2n) is 3.65. The van der Waals surface area contributed by atoms with E-state index in [0.717, 1.165) is 18.8 Å². The Kier molecular flexibility index (Phi) is 2.87. The molecule has 0 heterocycles. The molecular formula is C8H18N2O. The Hall–Kier alpha value is -0.120. The molecule has 3 nitrogen and oxygen atoms in total. The van der Waals surface area contributed by atoms with Crippen LogP contribution in [-0.2, 0) is 0 Å². The fourth-order valence-electron chi connectivity index (χ4n) is 1.98. The zero-order valence-electron chi connectivity index (χ0n) is 7.14. The first-order valence-corrected chi connectivity index (χ1v) is 4.28. The van der Waals surface area contributed by atoms with E-state index in [2.05, 4.69) is 12.2 Å². The van der Waals surface area contributed by atoms with Gasteiger partial charge in [-0.1, -0.05) is 6.92 Å². The number of nitrogens with two attached hydrogens (primary N) is 1. The van der Waals surface area contributed by atoms with Crippen LogP contribution in [-0.4, -0.2) is 30.3 Å². The normalized spacial score (nSPS) is 36.8. The molecule has 0 aliphatic heterocycles. The number of hydrogen-bond donors (Lipinski definition) is 3. The van der Waals surface area contributed by atoms with E-state index in [1.807, 2.05) is 0 Å². The molecule has 4 N–H and O–H groups in total. The summed E-state index contributed by atoms with van der Waals surface area (Å²) in [7, 11) is 0. The van der Waals surface area contributed by atoms with Gasteiger partial charge in [-0.3, -0.25) is 0 Å². The predicted octanol–water partition coefficient (Wildman–Crippen LogP) is -0.304. The van der Waals surface area contributed by atoms with Crippen LogP contribution in [0.2, 0.25) is 0 Å². The number of hydrogen-bond acceptors (Lipinski definition) is 3. The molecule has 66 valence electrons. The average molecular weight is 158 g/mol. The Balaban J connectivity index is 2.26. The largest absolute Gasteiger partial charge is 0.395 e. The fraction of sp³-hybridized carbons (Fsp3) is 1.00. The van der Waals surface area contributed by atoms with Crippen molar-refractivity contribution in [3.05, 3.63) is 0 Å². The third-order valence-electron chi connectivity index (χ3n) is 2.48. The van der Waals surface area contributed by atoms with Crippen LogP contribution in [0.25, 0.3) is 0 Å². The maximum atomic E-state index is 8.61. The molecule has 0 amide bonds. The summed E-state index contributed by atoms with van der Waals surface area (Å²) >= 11 is 0. The van der Waals surface area contributed by atoms with Gasteiger partial charge in [-0.25, -0.2) is 0 Å². The minimum atomic E-state index is 0.155. The highest BCUT2D eigenvalue weighted by atomic mass is 16.3. The van der Waals surface area contributed by atoms with Gasteiger partial charge < -0.3 is 16.2 Å². The number of β-amino-alcohol motifs (C(OH)–C–C–N with tert-alkyl or cyclic N) is 1. The van der Waals surface area contributed by atoms with Gasteiger partial charge in [0.1, 0.15) is 0 Å². The molecule has 1 saturated carbocycles. The standard InChI is InChI=1S/C8H18N2O/c1-7-4-8(5-7,6-9)10-2-3-11/h7,10-11H,2-6,9H2,1H3. The lowest BCUT2D eigenvalue weighted by Crippen LogP contribution is -2.59. The number of aliphatic hydroxyl groups excluding tert-OH is 1. The first kappa shape index (κ1) is 8.97. The summed E-state index contributed by atoms with van der Waals surface area (Å²) in [4.78, 5) is 0. The van der Waals surface area contributed by atoms with E-state index in [0.29, 0.717) is 13.1 Å². The van der Waals surface area contributed by atoms with Crippen LogP contribution in [0.3, 0.4) is 0 Å². The maximum Gasteiger partial charge on any atom is 0.0556 e. The van der Waals surface area contributed by atoms with Crippen LogP contribution in [0.5, 0.6) is 0 Å². The molecule has 1 fully saturated rings. The van der Waals surface area contributed by atoms with E-state index in [-0.39, 0.29) is 12.1 Å². The Morgan fingerprint density at radius 3 is 2.64 bits per heavy atom. The second kappa shape index (κ2) is 3.52. The minimum Gasteiger partial charge on any atom is -0.395 e. The van der Waals surface area contributed by atoms with Crippen molar-refractivity contribution in [2.24, 2.45) is 11.7 Å². The Morgan fingerprint density at radius 2 is 2.27 bits per heavy atom. The summed E-state index contributed by atoms with van der Waals surface area (Å²) in [6, 6.07) is 0. The highest BCUT2D eigenvalue weighted by Crippen LogP contribution is 2.36. The molecule has 0 aromatic carbocycles. The lowest BCUT2D eigenvalue weighted by Gasteiger charge is -2.46. The van der Waals surface area contributed by atoms with E-state index in [9.17, 15) is 0 Å². The maximum absolute atomic E-state index is 8.61. The second-order valence-corrected chi connectivity index (χ2v) is 3.65. The molecule has 0 aromatic heterocycles. The average Bonchev–Trinajstić information content (AvgIpc) is 1.96. The van der Waals surface area contributed by atoms with Crippen LogP contribution in [0.1, 0.15) is 19.8 Å². The molecular weight excluding hydrogens is 140 g/mol. The molecule has 0 saturated heterocycles. The molecule has 11 heavy (non-hydrogen) atoms. The van der Waals surface area contributed by atoms with Crippen LogP contribution >= 0.6 is 0 Å². The summed E-state index contributed by atoms with van der Waals surface area (Å²) in [5, 5.41) is 11.9. The van der Waals surface area contributed by atoms with Crippen molar-refractivity contribution in [3.8, 4) is 0 Å². The Labute approximate surface area is 68.0 Å². The molecule has 0 unspecified atom stereocenters. The van der Waals surface area contributed by atoms with Gasteiger partial charge in [0.25, 0.3) is 0 Å². The van der Waals surface area contributed by atoms with Gasteiger partial charge in [-0.05, 0) is 18.8 Å². The van der Waals surface area contributed by atoms with E-state index >= 15 is 0 Å². The van der Waals surface area contributed by atoms with Gasteiger partial charge in [0.05, 0.1) is 6.61 Å². The van der Waals surface area contributed by atoms with Crippen molar-refractivity contribution in [1.29, 1.82) is 0 Å². The fourth-order valence-corrected chi connectivity index (χ4v) is 1.98. The SMILES string of the molecule is CC1CC(CN)(NCCO)C1. The number of rotatable bonds is 4. The quantitative estimate of drug-likeness (QED) is 0.526. The van der Waals surface area contributed by atoms with Crippen molar-refractivity contribution < 1.29 is 5.11 Å². The van der Waals surface area contributed by atoms with E-state index in [1.54, 1.807) is 0 Å². The highest BCUT2D eigenvalue weighted by Gasteiger charge is 2.39. The number of nitrogens with one attached hydrogen (secondary N) is 1. The van der Waals surface area contributed by atoms with E-state index < -0.39 is 0 Å². The smallest absolute Gasteiger partial charge is 0.0556 e. The third kappa shape index (κ3) is 1.92. The monoisotopic (exact) mass is 158 g/mol. The van der Waals surface area contributed by atoms with Gasteiger partial charge in [0.2, 0.25) is 0 Å². The minimum absolute atomic E-state index is 0.155. The van der Waals surface area contributed by atoms with Gasteiger partial charge in [-0.2, -0.15) is 0 Å². The molecule has 1 aliphatic rings. The molecule has 0 spiro atoms. The van der Waals surface area contributed by atoms with E-state index in [1.165, 1.54) is 0 Å². The summed E-state index contributed by atoms with van der Waals surface area (Å²) in [5.41, 5.74) is 5.78. The van der Waals surface area contributed by atoms with Gasteiger partial charge in [0, 0.05) is 18.6 Å². The Morgan fingerprint density at radius 1 is 1.64 bits per heavy atom. The first-order chi connectivity index (χ1) is 5.22. The van der Waals surface area contributed by atoms with Crippen LogP contribution in [0.4, 0.5) is 0 Å². The van der Waals surface area contributed by atoms with E-state index in [4.69, 9.17) is 10.8 Å². The first-order valence-electron chi connectivity index (χ1n) is 4.28. The van der Waals surface area contributed by atoms with Crippen LogP contribution in [0.15, 0.2) is 0 Å². The summed E-state index contributed by atoms with van der Waals surface area (Å²) in [6.07, 6.45) is 2.31. The summed E-state index contributed by atoms with van der Waals surface area (Å²) < 4.78 is 0. The van der Waals surface area contributed by atoms with Crippen molar-refractivity contribution in [2.45, 2.75) is 25.3 Å². The van der Waals surface area contributed by atoms with Gasteiger partial charge >= 0.3 is 0 Å². The highest BCUT2D eigenvalue weighted by molar-refractivity contribution is 5.00.